The highest BCUT2D eigenvalue weighted by Crippen LogP contribution is 2.35. The minimum Gasteiger partial charge on any atom is -0.452 e. The van der Waals surface area contributed by atoms with E-state index in [0.29, 0.717) is 26.9 Å². The lowest BCUT2D eigenvalue weighted by molar-refractivity contribution is -0.128. The number of carbonyl (C=O) groups is 2. The number of esters is 1. The third-order valence-corrected chi connectivity index (χ3v) is 4.88. The zero-order chi connectivity index (χ0) is 21.1. The van der Waals surface area contributed by atoms with Crippen LogP contribution in [0, 0.1) is 0 Å². The van der Waals surface area contributed by atoms with Crippen molar-refractivity contribution >= 4 is 47.1 Å². The average Bonchev–Trinajstić information content (AvgIpc) is 3.04. The number of halogens is 2. The van der Waals surface area contributed by atoms with Crippen molar-refractivity contribution in [1.82, 2.24) is 0 Å². The number of ketones is 1. The maximum atomic E-state index is 12.6. The van der Waals surface area contributed by atoms with Gasteiger partial charge in [0.2, 0.25) is 5.78 Å². The van der Waals surface area contributed by atoms with E-state index < -0.39 is 5.97 Å². The molecule has 0 aliphatic carbocycles. The highest BCUT2D eigenvalue weighted by atomic mass is 35.5. The highest BCUT2D eigenvalue weighted by molar-refractivity contribution is 6.35. The smallest absolute Gasteiger partial charge is 0.336 e. The molecule has 6 heteroatoms. The second-order valence-electron chi connectivity index (χ2n) is 6.43. The highest BCUT2D eigenvalue weighted by Gasteiger charge is 2.28. The Balaban J connectivity index is 1.50. The van der Waals surface area contributed by atoms with Crippen LogP contribution < -0.4 is 9.47 Å². The Morgan fingerprint density at radius 2 is 1.77 bits per heavy atom. The number of Topliss-reactive ketones (excluding diaryl/α,β-unsaturated/α-hetero) is 1. The summed E-state index contributed by atoms with van der Waals surface area (Å²) < 4.78 is 11.0. The summed E-state index contributed by atoms with van der Waals surface area (Å²) in [5.74, 6) is -0.102. The van der Waals surface area contributed by atoms with Crippen molar-refractivity contribution in [3.05, 3.63) is 105 Å². The molecule has 1 aliphatic heterocycles. The SMILES string of the molecule is O=C(C=Cc1ccccc1)Oc1ccc2c(c1)OC(=Cc1ccc(Cl)cc1Cl)C2=O. The molecule has 0 saturated carbocycles. The van der Waals surface area contributed by atoms with Crippen LogP contribution in [0.3, 0.4) is 0 Å². The Bertz CT molecular complexity index is 1200. The van der Waals surface area contributed by atoms with E-state index in [9.17, 15) is 9.59 Å². The van der Waals surface area contributed by atoms with Crippen LogP contribution in [0.15, 0.2) is 78.6 Å². The van der Waals surface area contributed by atoms with E-state index >= 15 is 0 Å². The van der Waals surface area contributed by atoms with Gasteiger partial charge in [-0.1, -0.05) is 59.6 Å². The summed E-state index contributed by atoms with van der Waals surface area (Å²) in [6.07, 6.45) is 4.55. The van der Waals surface area contributed by atoms with Crippen molar-refractivity contribution in [2.75, 3.05) is 0 Å². The second kappa shape index (κ2) is 8.57. The summed E-state index contributed by atoms with van der Waals surface area (Å²) in [6, 6.07) is 19.0. The number of ether oxygens (including phenoxy) is 2. The molecule has 148 valence electrons. The van der Waals surface area contributed by atoms with E-state index in [2.05, 4.69) is 0 Å². The normalized spacial score (nSPS) is 14.1. The number of hydrogen-bond donors (Lipinski definition) is 0. The molecule has 1 heterocycles. The zero-order valence-corrected chi connectivity index (χ0v) is 17.0. The molecule has 0 bridgehead atoms. The molecule has 3 aromatic carbocycles. The average molecular weight is 437 g/mol. The minimum atomic E-state index is -0.535. The standard InChI is InChI=1S/C24H14Cl2O4/c25-17-8-7-16(20(26)13-17)12-22-24(28)19-10-9-18(14-21(19)30-22)29-23(27)11-6-15-4-2-1-3-5-15/h1-14H. The van der Waals surface area contributed by atoms with Crippen LogP contribution >= 0.6 is 23.2 Å². The molecule has 0 amide bonds. The van der Waals surface area contributed by atoms with Gasteiger partial charge in [0, 0.05) is 22.2 Å². The van der Waals surface area contributed by atoms with Crippen LogP contribution in [0.4, 0.5) is 0 Å². The number of fused-ring (bicyclic) bond motifs is 1. The molecule has 0 N–H and O–H groups in total. The lowest BCUT2D eigenvalue weighted by Gasteiger charge is -2.03. The van der Waals surface area contributed by atoms with Crippen LogP contribution in [0.25, 0.3) is 12.2 Å². The van der Waals surface area contributed by atoms with Gasteiger partial charge in [0.15, 0.2) is 5.76 Å². The van der Waals surface area contributed by atoms with Gasteiger partial charge in [-0.3, -0.25) is 4.79 Å². The first kappa shape index (κ1) is 20.0. The van der Waals surface area contributed by atoms with E-state index in [4.69, 9.17) is 32.7 Å². The zero-order valence-electron chi connectivity index (χ0n) is 15.5. The molecule has 4 rings (SSSR count). The lowest BCUT2D eigenvalue weighted by atomic mass is 10.1. The summed E-state index contributed by atoms with van der Waals surface area (Å²) in [4.78, 5) is 24.7. The topological polar surface area (TPSA) is 52.6 Å². The van der Waals surface area contributed by atoms with Gasteiger partial charge >= 0.3 is 5.97 Å². The Labute approximate surface area is 183 Å². The first-order chi connectivity index (χ1) is 14.5. The van der Waals surface area contributed by atoms with E-state index in [-0.39, 0.29) is 17.3 Å². The van der Waals surface area contributed by atoms with E-state index in [1.165, 1.54) is 12.1 Å². The Hall–Kier alpha value is -3.34. The van der Waals surface area contributed by atoms with Gasteiger partial charge in [-0.05, 0) is 47.5 Å². The molecule has 3 aromatic rings. The van der Waals surface area contributed by atoms with E-state index in [1.807, 2.05) is 30.3 Å². The maximum absolute atomic E-state index is 12.6. The molecule has 30 heavy (non-hydrogen) atoms. The second-order valence-corrected chi connectivity index (χ2v) is 7.27. The van der Waals surface area contributed by atoms with Crippen LogP contribution in [0.2, 0.25) is 10.0 Å². The number of hydrogen-bond acceptors (Lipinski definition) is 4. The third kappa shape index (κ3) is 4.46. The van der Waals surface area contributed by atoms with Gasteiger partial charge < -0.3 is 9.47 Å². The summed E-state index contributed by atoms with van der Waals surface area (Å²) >= 11 is 12.1. The Kier molecular flexibility index (Phi) is 5.70. The van der Waals surface area contributed by atoms with Crippen LogP contribution in [-0.2, 0) is 4.79 Å². The summed E-state index contributed by atoms with van der Waals surface area (Å²) in [5, 5.41) is 0.902. The molecule has 4 nitrogen and oxygen atoms in total. The molecular formula is C24H14Cl2O4. The molecule has 0 unspecified atom stereocenters. The predicted molar refractivity (Wildman–Crippen MR) is 117 cm³/mol. The largest absolute Gasteiger partial charge is 0.452 e. The monoisotopic (exact) mass is 436 g/mol. The molecule has 0 atom stereocenters. The summed E-state index contributed by atoms with van der Waals surface area (Å²) in [5.41, 5.74) is 1.87. The van der Waals surface area contributed by atoms with Crippen molar-refractivity contribution in [3.63, 3.8) is 0 Å². The van der Waals surface area contributed by atoms with Gasteiger partial charge in [0.1, 0.15) is 11.5 Å². The quantitative estimate of drug-likeness (QED) is 0.276. The maximum Gasteiger partial charge on any atom is 0.336 e. The van der Waals surface area contributed by atoms with Crippen LogP contribution in [0.1, 0.15) is 21.5 Å². The summed E-state index contributed by atoms with van der Waals surface area (Å²) in [6.45, 7) is 0. The molecule has 0 saturated heterocycles. The number of carbonyl (C=O) groups excluding carboxylic acids is 2. The Morgan fingerprint density at radius 1 is 0.967 bits per heavy atom. The summed E-state index contributed by atoms with van der Waals surface area (Å²) in [7, 11) is 0. The van der Waals surface area contributed by atoms with Gasteiger partial charge in [0.25, 0.3) is 0 Å². The van der Waals surface area contributed by atoms with Crippen molar-refractivity contribution < 1.29 is 19.1 Å². The molecule has 0 aromatic heterocycles. The lowest BCUT2D eigenvalue weighted by Crippen LogP contribution is -2.03. The minimum absolute atomic E-state index is 0.127. The van der Waals surface area contributed by atoms with Crippen molar-refractivity contribution in [3.8, 4) is 11.5 Å². The molecule has 1 aliphatic rings. The van der Waals surface area contributed by atoms with Crippen LogP contribution in [-0.4, -0.2) is 11.8 Å². The number of allylic oxidation sites excluding steroid dienone is 1. The molecule has 0 fully saturated rings. The van der Waals surface area contributed by atoms with Gasteiger partial charge in [-0.25, -0.2) is 4.79 Å². The van der Waals surface area contributed by atoms with Crippen molar-refractivity contribution in [2.45, 2.75) is 0 Å². The van der Waals surface area contributed by atoms with Gasteiger partial charge in [-0.15, -0.1) is 0 Å². The van der Waals surface area contributed by atoms with Gasteiger partial charge in [0.05, 0.1) is 5.56 Å². The van der Waals surface area contributed by atoms with Crippen LogP contribution in [0.5, 0.6) is 11.5 Å². The Morgan fingerprint density at radius 3 is 2.53 bits per heavy atom. The fraction of sp³-hybridized carbons (Fsp3) is 0. The van der Waals surface area contributed by atoms with Crippen molar-refractivity contribution in [2.24, 2.45) is 0 Å². The molecule has 0 spiro atoms. The number of rotatable bonds is 4. The number of benzene rings is 3. The molecular weight excluding hydrogens is 423 g/mol. The van der Waals surface area contributed by atoms with Gasteiger partial charge in [-0.2, -0.15) is 0 Å². The van der Waals surface area contributed by atoms with E-state index in [0.717, 1.165) is 5.56 Å². The predicted octanol–water partition coefficient (Wildman–Crippen LogP) is 6.23. The third-order valence-electron chi connectivity index (χ3n) is 4.32. The fourth-order valence-electron chi connectivity index (χ4n) is 2.87. The molecule has 0 radical (unpaired) electrons. The fourth-order valence-corrected chi connectivity index (χ4v) is 3.33. The van der Waals surface area contributed by atoms with E-state index in [1.54, 1.807) is 42.5 Å². The van der Waals surface area contributed by atoms with Crippen molar-refractivity contribution in [1.29, 1.82) is 0 Å². The first-order valence-corrected chi connectivity index (χ1v) is 9.73. The first-order valence-electron chi connectivity index (χ1n) is 8.98.